The third-order valence-corrected chi connectivity index (χ3v) is 1.27. The third kappa shape index (κ3) is 4.12. The topological polar surface area (TPSA) is 34.1 Å². The van der Waals surface area contributed by atoms with E-state index in [0.717, 1.165) is 5.41 Å². The molecule has 0 rings (SSSR count). The van der Waals surface area contributed by atoms with Crippen molar-refractivity contribution >= 4 is 17.9 Å². The molecule has 36 valence electrons. The Morgan fingerprint density at radius 1 is 1.67 bits per heavy atom. The molecule has 0 aliphatic heterocycles. The van der Waals surface area contributed by atoms with Crippen LogP contribution in [0.4, 0.5) is 0 Å². The van der Waals surface area contributed by atoms with Gasteiger partial charge in [0.2, 0.25) is 0 Å². The fourth-order valence-electron chi connectivity index (χ4n) is 0. The van der Waals surface area contributed by atoms with Crippen molar-refractivity contribution in [2.24, 2.45) is 0 Å². The minimum absolute atomic E-state index is 0.873. The molecular formula is C2H5O2PS. The van der Waals surface area contributed by atoms with E-state index in [9.17, 15) is 8.42 Å². The molecule has 0 saturated carbocycles. The van der Waals surface area contributed by atoms with Crippen molar-refractivity contribution in [1.29, 1.82) is 0 Å². The molecule has 0 spiro atoms. The van der Waals surface area contributed by atoms with Crippen LogP contribution in [0.1, 0.15) is 0 Å². The van der Waals surface area contributed by atoms with E-state index >= 15 is 0 Å². The first-order valence-electron chi connectivity index (χ1n) is 1.21. The van der Waals surface area contributed by atoms with E-state index in [4.69, 9.17) is 0 Å². The summed E-state index contributed by atoms with van der Waals surface area (Å²) in [4.78, 5) is 0. The molecule has 0 aromatic rings. The van der Waals surface area contributed by atoms with E-state index in [0.29, 0.717) is 0 Å². The van der Waals surface area contributed by atoms with Gasteiger partial charge in [0.05, 0.1) is 0 Å². The average molecular weight is 124 g/mol. The highest BCUT2D eigenvalue weighted by Crippen LogP contribution is 1.98. The van der Waals surface area contributed by atoms with Crippen LogP contribution in [0.25, 0.3) is 0 Å². The second kappa shape index (κ2) is 1.71. The summed E-state index contributed by atoms with van der Waals surface area (Å²) in [5.41, 5.74) is 0. The lowest BCUT2D eigenvalue weighted by molar-refractivity contribution is 0.618. The Kier molecular flexibility index (Phi) is 1.75. The Hall–Kier alpha value is 0.120. The van der Waals surface area contributed by atoms with Gasteiger partial charge in [0.15, 0.2) is 9.46 Å². The van der Waals surface area contributed by atoms with Gasteiger partial charge in [0, 0.05) is 5.41 Å². The molecule has 0 radical (unpaired) electrons. The Morgan fingerprint density at radius 3 is 1.83 bits per heavy atom. The van der Waals surface area contributed by atoms with E-state index in [1.807, 2.05) is 0 Å². The monoisotopic (exact) mass is 124 g/mol. The molecule has 6 heavy (non-hydrogen) atoms. The summed E-state index contributed by atoms with van der Waals surface area (Å²) in [6.07, 6.45) is 0. The first kappa shape index (κ1) is 6.12. The van der Waals surface area contributed by atoms with Crippen LogP contribution in [0, 0.1) is 0 Å². The SMILES string of the molecule is C=CS(=O)(=O)P. The lowest BCUT2D eigenvalue weighted by atomic mass is 11.3. The molecule has 0 aliphatic rings. The summed E-state index contributed by atoms with van der Waals surface area (Å²) in [6, 6.07) is 0. The molecule has 0 bridgehead atoms. The summed E-state index contributed by atoms with van der Waals surface area (Å²) < 4.78 is 19.7. The molecule has 0 amide bonds. The van der Waals surface area contributed by atoms with Gasteiger partial charge >= 0.3 is 0 Å². The van der Waals surface area contributed by atoms with Crippen molar-refractivity contribution in [2.75, 3.05) is 0 Å². The predicted molar refractivity (Wildman–Crippen MR) is 28.8 cm³/mol. The normalized spacial score (nSPS) is 10.8. The fourth-order valence-corrected chi connectivity index (χ4v) is 0. The lowest BCUT2D eigenvalue weighted by Gasteiger charge is -1.74. The minimum Gasteiger partial charge on any atom is -0.221 e. The molecule has 0 aliphatic carbocycles. The third-order valence-electron chi connectivity index (χ3n) is 0.232. The van der Waals surface area contributed by atoms with Crippen LogP contribution in [0.5, 0.6) is 0 Å². The molecule has 1 unspecified atom stereocenters. The van der Waals surface area contributed by atoms with Gasteiger partial charge in [0.1, 0.15) is 0 Å². The summed E-state index contributed by atoms with van der Waals surface area (Å²) in [7, 11) is -1.34. The standard InChI is InChI=1S/C2H5O2PS/c1-2-6(3,4)5/h2H,1,5H2. The molecular weight excluding hydrogens is 119 g/mol. The van der Waals surface area contributed by atoms with Gasteiger partial charge in [0.25, 0.3) is 0 Å². The van der Waals surface area contributed by atoms with Crippen LogP contribution in [-0.4, -0.2) is 8.42 Å². The smallest absolute Gasteiger partial charge is 0.181 e. The van der Waals surface area contributed by atoms with Crippen molar-refractivity contribution in [3.8, 4) is 0 Å². The molecule has 0 aromatic carbocycles. The Morgan fingerprint density at radius 2 is 1.83 bits per heavy atom. The van der Waals surface area contributed by atoms with Crippen molar-refractivity contribution in [3.05, 3.63) is 12.0 Å². The van der Waals surface area contributed by atoms with Crippen molar-refractivity contribution < 1.29 is 8.42 Å². The molecule has 0 N–H and O–H groups in total. The van der Waals surface area contributed by atoms with Crippen LogP contribution in [0.2, 0.25) is 0 Å². The van der Waals surface area contributed by atoms with Gasteiger partial charge in [-0.25, -0.2) is 8.42 Å². The van der Waals surface area contributed by atoms with Crippen molar-refractivity contribution in [2.45, 2.75) is 0 Å². The van der Waals surface area contributed by atoms with Crippen LogP contribution < -0.4 is 0 Å². The van der Waals surface area contributed by atoms with Gasteiger partial charge in [-0.3, -0.25) is 0 Å². The zero-order chi connectivity index (χ0) is 5.21. The van der Waals surface area contributed by atoms with Crippen LogP contribution >= 0.6 is 8.44 Å². The molecule has 4 heteroatoms. The first-order valence-corrected chi connectivity index (χ1v) is 4.24. The van der Waals surface area contributed by atoms with Gasteiger partial charge in [-0.1, -0.05) is 6.58 Å². The quantitative estimate of drug-likeness (QED) is 0.472. The first-order chi connectivity index (χ1) is 2.56. The predicted octanol–water partition coefficient (Wildman–Crippen LogP) is 0.335. The molecule has 2 nitrogen and oxygen atoms in total. The molecule has 0 fully saturated rings. The Labute approximate surface area is 39.1 Å². The van der Waals surface area contributed by atoms with Gasteiger partial charge < -0.3 is 0 Å². The van der Waals surface area contributed by atoms with E-state index < -0.39 is 9.46 Å². The second-order valence-electron chi connectivity index (χ2n) is 0.756. The molecule has 1 atom stereocenters. The number of hydrogen-bond donors (Lipinski definition) is 0. The Balaban J connectivity index is 4.25. The van der Waals surface area contributed by atoms with Crippen LogP contribution in [-0.2, 0) is 9.46 Å². The lowest BCUT2D eigenvalue weighted by Crippen LogP contribution is -1.72. The van der Waals surface area contributed by atoms with Gasteiger partial charge in [-0.15, -0.1) is 0 Å². The van der Waals surface area contributed by atoms with Gasteiger partial charge in [-0.05, 0) is 8.44 Å². The van der Waals surface area contributed by atoms with Crippen LogP contribution in [0.15, 0.2) is 12.0 Å². The van der Waals surface area contributed by atoms with E-state index in [2.05, 4.69) is 6.58 Å². The average Bonchev–Trinajstić information content (AvgIpc) is 1.35. The highest BCUT2D eigenvalue weighted by molar-refractivity contribution is 8.39. The molecule has 0 saturated heterocycles. The zero-order valence-corrected chi connectivity index (χ0v) is 5.06. The van der Waals surface area contributed by atoms with Crippen molar-refractivity contribution in [3.63, 3.8) is 0 Å². The maximum atomic E-state index is 9.84. The number of rotatable bonds is 1. The van der Waals surface area contributed by atoms with Crippen molar-refractivity contribution in [1.82, 2.24) is 0 Å². The maximum absolute atomic E-state index is 9.84. The fraction of sp³-hybridized carbons (Fsp3) is 0. The Bertz CT molecular complexity index is 122. The van der Waals surface area contributed by atoms with E-state index in [-0.39, 0.29) is 0 Å². The number of hydrogen-bond acceptors (Lipinski definition) is 2. The summed E-state index contributed by atoms with van der Waals surface area (Å²) in [6.45, 7) is 3.02. The minimum atomic E-state index is -2.98. The highest BCUT2D eigenvalue weighted by atomic mass is 32.7. The molecule has 0 heterocycles. The van der Waals surface area contributed by atoms with E-state index in [1.54, 1.807) is 8.44 Å². The summed E-state index contributed by atoms with van der Waals surface area (Å²) >= 11 is 0. The summed E-state index contributed by atoms with van der Waals surface area (Å²) in [5, 5.41) is 0.873. The second-order valence-corrected chi connectivity index (χ2v) is 4.24. The summed E-state index contributed by atoms with van der Waals surface area (Å²) in [5.74, 6) is 0. The zero-order valence-electron chi connectivity index (χ0n) is 3.09. The van der Waals surface area contributed by atoms with Crippen LogP contribution in [0.3, 0.4) is 0 Å². The maximum Gasteiger partial charge on any atom is 0.181 e. The van der Waals surface area contributed by atoms with Gasteiger partial charge in [-0.2, -0.15) is 0 Å². The van der Waals surface area contributed by atoms with E-state index in [1.165, 1.54) is 0 Å². The largest absolute Gasteiger partial charge is 0.221 e. The molecule has 0 aromatic heterocycles. The highest BCUT2D eigenvalue weighted by Gasteiger charge is 1.85.